The normalized spacial score (nSPS) is 12.8. The van der Waals surface area contributed by atoms with Gasteiger partial charge in [-0.05, 0) is 18.6 Å². The van der Waals surface area contributed by atoms with Crippen LogP contribution >= 0.6 is 0 Å². The zero-order valence-electron chi connectivity index (χ0n) is 11.5. The van der Waals surface area contributed by atoms with Crippen LogP contribution in [0.25, 0.3) is 0 Å². The van der Waals surface area contributed by atoms with E-state index in [-0.39, 0.29) is 18.3 Å². The molecule has 0 aliphatic rings. The van der Waals surface area contributed by atoms with Crippen molar-refractivity contribution in [1.82, 2.24) is 0 Å². The molecule has 0 aliphatic heterocycles. The third-order valence-electron chi connectivity index (χ3n) is 2.81. The largest absolute Gasteiger partial charge is 0.492 e. The number of carbonyl (C=O) groups excluding carboxylic acids is 1. The van der Waals surface area contributed by atoms with Gasteiger partial charge in [-0.15, -0.1) is 0 Å². The van der Waals surface area contributed by atoms with Crippen molar-refractivity contribution in [2.24, 2.45) is 11.1 Å². The van der Waals surface area contributed by atoms with Gasteiger partial charge in [0.1, 0.15) is 11.3 Å². The predicted octanol–water partition coefficient (Wildman–Crippen LogP) is 1.17. The standard InChI is InChI=1S/C13H19NO5S/c1-3-10(9-20(14,16)17)8-19-12-7-5-4-6-11(12)13(15)18-2/h4-7,10H,3,8-9H2,1-2H3,(H2,14,16,17). The summed E-state index contributed by atoms with van der Waals surface area (Å²) in [6.07, 6.45) is 0.608. The number of carbonyl (C=O) groups is 1. The summed E-state index contributed by atoms with van der Waals surface area (Å²) >= 11 is 0. The van der Waals surface area contributed by atoms with Crippen LogP contribution < -0.4 is 9.88 Å². The van der Waals surface area contributed by atoms with E-state index >= 15 is 0 Å². The number of rotatable bonds is 7. The first-order chi connectivity index (χ1) is 9.37. The number of sulfonamides is 1. The number of benzene rings is 1. The van der Waals surface area contributed by atoms with Crippen LogP contribution in [-0.4, -0.2) is 33.9 Å². The Hall–Kier alpha value is -1.60. The number of nitrogens with two attached hydrogens (primary N) is 1. The van der Waals surface area contributed by atoms with E-state index in [0.717, 1.165) is 0 Å². The first-order valence-electron chi connectivity index (χ1n) is 6.18. The van der Waals surface area contributed by atoms with Crippen LogP contribution in [0.1, 0.15) is 23.7 Å². The van der Waals surface area contributed by atoms with E-state index in [1.165, 1.54) is 7.11 Å². The molecule has 20 heavy (non-hydrogen) atoms. The van der Waals surface area contributed by atoms with Gasteiger partial charge < -0.3 is 9.47 Å². The fraction of sp³-hybridized carbons (Fsp3) is 0.462. The van der Waals surface area contributed by atoms with E-state index in [1.54, 1.807) is 24.3 Å². The Bertz CT molecular complexity index is 556. The van der Waals surface area contributed by atoms with Crippen LogP contribution in [0.15, 0.2) is 24.3 Å². The maximum absolute atomic E-state index is 11.6. The van der Waals surface area contributed by atoms with Gasteiger partial charge in [-0.2, -0.15) is 0 Å². The summed E-state index contributed by atoms with van der Waals surface area (Å²) in [5, 5.41) is 5.02. The van der Waals surface area contributed by atoms with Crippen molar-refractivity contribution in [1.29, 1.82) is 0 Å². The van der Waals surface area contributed by atoms with Gasteiger partial charge in [-0.1, -0.05) is 19.1 Å². The topological polar surface area (TPSA) is 95.7 Å². The number of primary sulfonamides is 1. The highest BCUT2D eigenvalue weighted by Crippen LogP contribution is 2.20. The molecule has 1 unspecified atom stereocenters. The fourth-order valence-corrected chi connectivity index (χ4v) is 2.68. The van der Waals surface area contributed by atoms with Crippen molar-refractivity contribution in [3.8, 4) is 5.75 Å². The summed E-state index contributed by atoms with van der Waals surface area (Å²) in [5.41, 5.74) is 0.306. The lowest BCUT2D eigenvalue weighted by Gasteiger charge is -2.16. The average Bonchev–Trinajstić information content (AvgIpc) is 2.41. The Labute approximate surface area is 118 Å². The number of hydrogen-bond donors (Lipinski definition) is 1. The summed E-state index contributed by atoms with van der Waals surface area (Å²) < 4.78 is 32.4. The first kappa shape index (κ1) is 16.5. The first-order valence-corrected chi connectivity index (χ1v) is 7.89. The number of ether oxygens (including phenoxy) is 2. The van der Waals surface area contributed by atoms with Crippen LogP contribution in [0.2, 0.25) is 0 Å². The Balaban J connectivity index is 2.76. The molecular weight excluding hydrogens is 282 g/mol. The summed E-state index contributed by atoms with van der Waals surface area (Å²) in [6.45, 7) is 2.02. The van der Waals surface area contributed by atoms with Gasteiger partial charge in [-0.25, -0.2) is 18.4 Å². The lowest BCUT2D eigenvalue weighted by Crippen LogP contribution is -2.26. The highest BCUT2D eigenvalue weighted by atomic mass is 32.2. The quantitative estimate of drug-likeness (QED) is 0.763. The molecule has 0 radical (unpaired) electrons. The molecule has 0 bridgehead atoms. The summed E-state index contributed by atoms with van der Waals surface area (Å²) in [7, 11) is -2.26. The van der Waals surface area contributed by atoms with Crippen molar-refractivity contribution < 1.29 is 22.7 Å². The molecule has 112 valence electrons. The number of esters is 1. The predicted molar refractivity (Wildman–Crippen MR) is 75.0 cm³/mol. The van der Waals surface area contributed by atoms with Gasteiger partial charge in [0.25, 0.3) is 0 Å². The molecule has 0 saturated heterocycles. The molecular formula is C13H19NO5S. The van der Waals surface area contributed by atoms with Crippen molar-refractivity contribution in [3.63, 3.8) is 0 Å². The smallest absolute Gasteiger partial charge is 0.341 e. The van der Waals surface area contributed by atoms with Crippen LogP contribution in [0.3, 0.4) is 0 Å². The molecule has 0 aromatic heterocycles. The summed E-state index contributed by atoms with van der Waals surface area (Å²) in [6, 6.07) is 6.64. The van der Waals surface area contributed by atoms with Crippen molar-refractivity contribution in [3.05, 3.63) is 29.8 Å². The Morgan fingerprint density at radius 3 is 2.55 bits per heavy atom. The lowest BCUT2D eigenvalue weighted by atomic mass is 10.1. The molecule has 1 aromatic rings. The zero-order valence-corrected chi connectivity index (χ0v) is 12.4. The van der Waals surface area contributed by atoms with E-state index in [0.29, 0.717) is 17.7 Å². The number of para-hydroxylation sites is 1. The second-order valence-electron chi connectivity index (χ2n) is 4.40. The number of methoxy groups -OCH3 is 1. The van der Waals surface area contributed by atoms with Crippen molar-refractivity contribution >= 4 is 16.0 Å². The molecule has 0 saturated carbocycles. The fourth-order valence-electron chi connectivity index (χ4n) is 1.69. The lowest BCUT2D eigenvalue weighted by molar-refractivity contribution is 0.0595. The molecule has 0 amide bonds. The molecule has 1 atom stereocenters. The van der Waals surface area contributed by atoms with Crippen LogP contribution in [0.4, 0.5) is 0 Å². The second-order valence-corrected chi connectivity index (χ2v) is 6.06. The molecule has 2 N–H and O–H groups in total. The molecule has 1 aromatic carbocycles. The highest BCUT2D eigenvalue weighted by Gasteiger charge is 2.17. The van der Waals surface area contributed by atoms with Crippen LogP contribution in [-0.2, 0) is 14.8 Å². The Kier molecular flexibility index (Phi) is 5.97. The molecule has 6 nitrogen and oxygen atoms in total. The third kappa shape index (κ3) is 5.18. The molecule has 0 fully saturated rings. The van der Waals surface area contributed by atoms with E-state index < -0.39 is 16.0 Å². The van der Waals surface area contributed by atoms with Crippen LogP contribution in [0, 0.1) is 5.92 Å². The van der Waals surface area contributed by atoms with Crippen molar-refractivity contribution in [2.45, 2.75) is 13.3 Å². The molecule has 7 heteroatoms. The van der Waals surface area contributed by atoms with Gasteiger partial charge >= 0.3 is 5.97 Å². The minimum absolute atomic E-state index is 0.149. The van der Waals surface area contributed by atoms with Gasteiger partial charge in [0, 0.05) is 5.92 Å². The van der Waals surface area contributed by atoms with E-state index in [2.05, 4.69) is 4.74 Å². The van der Waals surface area contributed by atoms with Gasteiger partial charge in [0.15, 0.2) is 0 Å². The van der Waals surface area contributed by atoms with Gasteiger partial charge in [0.2, 0.25) is 10.0 Å². The van der Waals surface area contributed by atoms with Gasteiger partial charge in [-0.3, -0.25) is 0 Å². The van der Waals surface area contributed by atoms with Gasteiger partial charge in [0.05, 0.1) is 19.5 Å². The third-order valence-corrected chi connectivity index (χ3v) is 3.75. The van der Waals surface area contributed by atoms with Crippen LogP contribution in [0.5, 0.6) is 5.75 Å². The average molecular weight is 301 g/mol. The molecule has 0 spiro atoms. The summed E-state index contributed by atoms with van der Waals surface area (Å²) in [5.74, 6) is -0.507. The van der Waals surface area contributed by atoms with E-state index in [9.17, 15) is 13.2 Å². The van der Waals surface area contributed by atoms with E-state index in [1.807, 2.05) is 6.92 Å². The summed E-state index contributed by atoms with van der Waals surface area (Å²) in [4.78, 5) is 11.6. The molecule has 0 aliphatic carbocycles. The second kappa shape index (κ2) is 7.25. The highest BCUT2D eigenvalue weighted by molar-refractivity contribution is 7.89. The minimum Gasteiger partial charge on any atom is -0.492 e. The Morgan fingerprint density at radius 2 is 2.00 bits per heavy atom. The maximum atomic E-state index is 11.6. The van der Waals surface area contributed by atoms with E-state index in [4.69, 9.17) is 9.88 Å². The Morgan fingerprint density at radius 1 is 1.35 bits per heavy atom. The molecule has 1 rings (SSSR count). The minimum atomic E-state index is -3.54. The van der Waals surface area contributed by atoms with Crippen molar-refractivity contribution in [2.75, 3.05) is 19.5 Å². The molecule has 0 heterocycles. The number of hydrogen-bond acceptors (Lipinski definition) is 5. The SMILES string of the molecule is CCC(COc1ccccc1C(=O)OC)CS(N)(=O)=O. The maximum Gasteiger partial charge on any atom is 0.341 e. The zero-order chi connectivity index (χ0) is 15.2. The monoisotopic (exact) mass is 301 g/mol.